The Labute approximate surface area is 282 Å². The molecule has 3 N–H and O–H groups in total. The zero-order valence-electron chi connectivity index (χ0n) is 25.3. The van der Waals surface area contributed by atoms with Crippen LogP contribution in [-0.2, 0) is 32.0 Å². The largest absolute Gasteiger partial charge is 0.507 e. The lowest BCUT2D eigenvalue weighted by molar-refractivity contribution is -0.148. The Hall–Kier alpha value is -5.48. The summed E-state index contributed by atoms with van der Waals surface area (Å²) in [6.07, 6.45) is 1.56. The minimum atomic E-state index is -1.75. The number of amides is 5. The monoisotopic (exact) mass is 719 g/mol. The smallest absolute Gasteiger partial charge is 0.410 e. The number of hydrogen-bond donors (Lipinski definition) is 3. The molecule has 16 heteroatoms. The van der Waals surface area contributed by atoms with Gasteiger partial charge in [0.2, 0.25) is 0 Å². The minimum absolute atomic E-state index is 0.0283. The Morgan fingerprint density at radius 2 is 1.79 bits per heavy atom. The van der Waals surface area contributed by atoms with Gasteiger partial charge in [-0.3, -0.25) is 9.59 Å². The van der Waals surface area contributed by atoms with E-state index in [4.69, 9.17) is 9.84 Å². The Kier molecular flexibility index (Phi) is 12.5. The van der Waals surface area contributed by atoms with Crippen LogP contribution in [0.5, 0.6) is 5.75 Å². The second kappa shape index (κ2) is 16.9. The van der Waals surface area contributed by atoms with Gasteiger partial charge in [-0.1, -0.05) is 24.3 Å². The highest BCUT2D eigenvalue weighted by Gasteiger charge is 2.33. The number of piperidine rings is 1. The number of allylic oxidation sites excluding steroid dienone is 2. The lowest BCUT2D eigenvalue weighted by atomic mass is 9.88. The number of rotatable bonds is 7. The molecule has 0 radical (unpaired) electrons. The van der Waals surface area contributed by atoms with Gasteiger partial charge in [-0.2, -0.15) is 4.99 Å². The van der Waals surface area contributed by atoms with E-state index in [1.807, 2.05) is 30.1 Å². The molecule has 2 aliphatic rings. The van der Waals surface area contributed by atoms with Crippen molar-refractivity contribution in [1.29, 1.82) is 0 Å². The van der Waals surface area contributed by atoms with E-state index >= 15 is 0 Å². The Morgan fingerprint density at radius 1 is 1.10 bits per heavy atom. The maximum absolute atomic E-state index is 13.5. The third-order valence-corrected chi connectivity index (χ3v) is 8.08. The first-order valence-electron chi connectivity index (χ1n) is 14.6. The van der Waals surface area contributed by atoms with Crippen LogP contribution in [-0.4, -0.2) is 101 Å². The van der Waals surface area contributed by atoms with Crippen LogP contribution in [0, 0.1) is 0 Å². The molecular weight excluding hydrogens is 692 g/mol. The predicted molar refractivity (Wildman–Crippen MR) is 177 cm³/mol. The standard InChI is InChI=1S/C32H28BBrFN5O8/c34-24-18-20(17-23(33-35)27(24)41)19-26(28(42)36-12-5-1-2-6-13-37-29(43)30(44)45)48-32(47)39-14-10-22(11-15-39)40-16-9-21-7-3-4-8-25(21)38-31(40)46/h1-4,7-8,17-18,22,26,33,41H,9-11,14-16,19H2,(H,38,46)(H,44,45)/t26-/m1/s1. The molecule has 2 heterocycles. The molecule has 1 atom stereocenters. The van der Waals surface area contributed by atoms with Crippen molar-refractivity contribution in [3.05, 3.63) is 75.6 Å². The summed E-state index contributed by atoms with van der Waals surface area (Å²) in [4.78, 5) is 70.4. The molecule has 0 saturated carbocycles. The second-order valence-corrected chi connectivity index (χ2v) is 11.4. The number of benzene rings is 2. The van der Waals surface area contributed by atoms with Crippen molar-refractivity contribution in [3.63, 3.8) is 0 Å². The first-order valence-corrected chi connectivity index (χ1v) is 15.4. The zero-order valence-corrected chi connectivity index (χ0v) is 26.9. The second-order valence-electron chi connectivity index (χ2n) is 10.6. The van der Waals surface area contributed by atoms with Gasteiger partial charge in [0.25, 0.3) is 5.91 Å². The van der Waals surface area contributed by atoms with Crippen LogP contribution in [0.3, 0.4) is 0 Å². The normalized spacial score (nSPS) is 14.6. The summed E-state index contributed by atoms with van der Waals surface area (Å²) in [6.45, 7) is 1.07. The van der Waals surface area contributed by atoms with Gasteiger partial charge < -0.3 is 34.4 Å². The number of phenolic OH excluding ortho intramolecular Hbond substituents is 1. The quantitative estimate of drug-likeness (QED) is 0.129. The molecule has 0 spiro atoms. The predicted octanol–water partition coefficient (Wildman–Crippen LogP) is 2.60. The molecular formula is C32H28BBrFN5O8. The number of aliphatic imine (C=N–C) groups is 2. The summed E-state index contributed by atoms with van der Waals surface area (Å²) < 4.78 is 19.3. The van der Waals surface area contributed by atoms with Crippen LogP contribution < -0.4 is 10.8 Å². The minimum Gasteiger partial charge on any atom is -0.507 e. The summed E-state index contributed by atoms with van der Waals surface area (Å²) in [5.41, 5.74) is 6.85. The number of aliphatic carboxylic acids is 1. The number of carboxylic acids is 1. The number of likely N-dealkylation sites (tertiary alicyclic amines) is 1. The fraction of sp³-hybridized carbons (Fsp3) is 0.281. The highest BCUT2D eigenvalue weighted by molar-refractivity contribution is 9.10. The van der Waals surface area contributed by atoms with Crippen LogP contribution in [0.2, 0.25) is 0 Å². The van der Waals surface area contributed by atoms with Crippen molar-refractivity contribution in [2.45, 2.75) is 37.8 Å². The highest BCUT2D eigenvalue weighted by atomic mass is 79.9. The zero-order chi connectivity index (χ0) is 34.6. The van der Waals surface area contributed by atoms with E-state index in [2.05, 4.69) is 48.6 Å². The van der Waals surface area contributed by atoms with E-state index in [1.54, 1.807) is 4.90 Å². The summed E-state index contributed by atoms with van der Waals surface area (Å²) in [7, 11) is -0.977. The maximum Gasteiger partial charge on any atom is 0.410 e. The molecule has 2 aliphatic heterocycles. The molecule has 1 saturated heterocycles. The van der Waals surface area contributed by atoms with E-state index in [1.165, 1.54) is 23.1 Å². The number of carbonyl (C=O) groups excluding carboxylic acids is 4. The molecule has 4 rings (SSSR count). The SMILES string of the molecule is O=C(O)C(=O)N=C=C=CC=C=C=NC(=O)[C@@H](Cc1cc(Br)c(O)c(BF)c1)OC(=O)N1CCC(N2CCc3ccccc3NC2=O)CC1. The van der Waals surface area contributed by atoms with Crippen molar-refractivity contribution in [3.8, 4) is 5.75 Å². The lowest BCUT2D eigenvalue weighted by Gasteiger charge is -2.37. The highest BCUT2D eigenvalue weighted by Crippen LogP contribution is 2.26. The van der Waals surface area contributed by atoms with Crippen molar-refractivity contribution >= 4 is 76.3 Å². The number of nitrogens with one attached hydrogen (secondary N) is 1. The van der Waals surface area contributed by atoms with Gasteiger partial charge in [0, 0.05) is 49.5 Å². The number of phenols is 1. The molecule has 0 bridgehead atoms. The third-order valence-electron chi connectivity index (χ3n) is 7.48. The maximum atomic E-state index is 13.5. The number of hydrogen-bond acceptors (Lipinski definition) is 7. The number of carbonyl (C=O) groups is 5. The molecule has 2 aromatic rings. The van der Waals surface area contributed by atoms with Crippen molar-refractivity contribution in [1.82, 2.24) is 9.80 Å². The molecule has 0 aliphatic carbocycles. The van der Waals surface area contributed by atoms with Gasteiger partial charge >= 0.3 is 31.6 Å². The average Bonchev–Trinajstić information content (AvgIpc) is 3.24. The number of aromatic hydroxyl groups is 1. The number of para-hydroxylation sites is 1. The van der Waals surface area contributed by atoms with Crippen LogP contribution in [0.1, 0.15) is 24.0 Å². The molecule has 48 heavy (non-hydrogen) atoms. The number of anilines is 1. The van der Waals surface area contributed by atoms with Gasteiger partial charge in [-0.25, -0.2) is 14.4 Å². The van der Waals surface area contributed by atoms with E-state index in [0.717, 1.165) is 17.3 Å². The van der Waals surface area contributed by atoms with Crippen molar-refractivity contribution in [2.24, 2.45) is 9.98 Å². The fourth-order valence-electron chi connectivity index (χ4n) is 5.07. The third kappa shape index (κ3) is 9.53. The molecule has 5 amide bonds. The molecule has 13 nitrogen and oxygen atoms in total. The van der Waals surface area contributed by atoms with Gasteiger partial charge in [0.1, 0.15) is 5.75 Å². The Balaban J connectivity index is 1.45. The Bertz CT molecular complexity index is 1820. The molecule has 0 unspecified atom stereocenters. The first-order chi connectivity index (χ1) is 23.1. The molecule has 1 fully saturated rings. The number of ether oxygens (including phenoxy) is 1. The van der Waals surface area contributed by atoms with E-state index < -0.39 is 37.5 Å². The summed E-state index contributed by atoms with van der Waals surface area (Å²) >= 11 is 3.16. The molecule has 2 aromatic carbocycles. The Morgan fingerprint density at radius 3 is 2.48 bits per heavy atom. The number of nitrogens with zero attached hydrogens (tertiary/aromatic N) is 4. The van der Waals surface area contributed by atoms with Crippen LogP contribution in [0.15, 0.2) is 74.5 Å². The topological polar surface area (TPSA) is 178 Å². The summed E-state index contributed by atoms with van der Waals surface area (Å²) in [5, 5.41) is 21.5. The molecule has 246 valence electrons. The van der Waals surface area contributed by atoms with E-state index in [-0.39, 0.29) is 47.3 Å². The number of fused-ring (bicyclic) bond motifs is 1. The summed E-state index contributed by atoms with van der Waals surface area (Å²) in [6, 6.07) is 10.1. The van der Waals surface area contributed by atoms with Crippen LogP contribution >= 0.6 is 15.9 Å². The van der Waals surface area contributed by atoms with E-state index in [0.29, 0.717) is 31.4 Å². The van der Waals surface area contributed by atoms with Crippen molar-refractivity contribution < 1.29 is 43.2 Å². The number of urea groups is 1. The number of carboxylic acid groups (broad SMARTS) is 1. The van der Waals surface area contributed by atoms with Crippen molar-refractivity contribution in [2.75, 3.05) is 25.0 Å². The first kappa shape index (κ1) is 35.4. The van der Waals surface area contributed by atoms with Gasteiger partial charge in [0.05, 0.1) is 4.47 Å². The number of halogens is 2. The van der Waals surface area contributed by atoms with Crippen LogP contribution in [0.25, 0.3) is 0 Å². The van der Waals surface area contributed by atoms with E-state index in [9.17, 15) is 33.4 Å². The summed E-state index contributed by atoms with van der Waals surface area (Å²) in [5.74, 6) is -0.160. The van der Waals surface area contributed by atoms with Gasteiger partial charge in [-0.15, -0.1) is 4.99 Å². The average molecular weight is 720 g/mol. The fourth-order valence-corrected chi connectivity index (χ4v) is 5.62. The van der Waals surface area contributed by atoms with Gasteiger partial charge in [0.15, 0.2) is 6.10 Å². The lowest BCUT2D eigenvalue weighted by Crippen LogP contribution is -2.50. The van der Waals surface area contributed by atoms with Gasteiger partial charge in [-0.05, 0) is 87.5 Å². The van der Waals surface area contributed by atoms with Crippen LogP contribution in [0.4, 0.5) is 19.6 Å². The molecule has 0 aromatic heterocycles.